The zero-order valence-corrected chi connectivity index (χ0v) is 13.8. The van der Waals surface area contributed by atoms with Gasteiger partial charge in [0.2, 0.25) is 0 Å². The van der Waals surface area contributed by atoms with Crippen LogP contribution in [0.25, 0.3) is 0 Å². The van der Waals surface area contributed by atoms with Crippen molar-refractivity contribution in [3.63, 3.8) is 0 Å². The summed E-state index contributed by atoms with van der Waals surface area (Å²) in [5.74, 6) is -0.597. The molecule has 0 radical (unpaired) electrons. The van der Waals surface area contributed by atoms with Gasteiger partial charge in [-0.25, -0.2) is 5.43 Å². The van der Waals surface area contributed by atoms with Gasteiger partial charge in [-0.1, -0.05) is 29.5 Å². The number of nitrogens with one attached hydrogen (secondary N) is 1. The Morgan fingerprint density at radius 1 is 1.36 bits per heavy atom. The molecule has 2 aromatic carbocycles. The van der Waals surface area contributed by atoms with Gasteiger partial charge in [0, 0.05) is 17.2 Å². The van der Waals surface area contributed by atoms with Crippen LogP contribution in [0.1, 0.15) is 12.5 Å². The van der Waals surface area contributed by atoms with Gasteiger partial charge in [0.1, 0.15) is 5.75 Å². The number of ether oxygens (including phenoxy) is 1. The predicted octanol–water partition coefficient (Wildman–Crippen LogP) is 2.24. The monoisotopic (exact) mass is 362 g/mol. The molecule has 1 N–H and O–H groups in total. The maximum Gasteiger partial charge on any atom is 0.280 e. The molecule has 1 atom stereocenters. The summed E-state index contributed by atoms with van der Waals surface area (Å²) in [6.45, 7) is 1.51. The first-order chi connectivity index (χ1) is 11.9. The second-order valence-corrected chi connectivity index (χ2v) is 5.37. The van der Waals surface area contributed by atoms with Crippen molar-refractivity contribution >= 4 is 29.4 Å². The molecular formula is C16H13ClN3O5-. The lowest BCUT2D eigenvalue weighted by atomic mass is 10.2. The molecule has 1 amide bonds. The Morgan fingerprint density at radius 2 is 2.12 bits per heavy atom. The number of hydrogen-bond acceptors (Lipinski definition) is 6. The predicted molar refractivity (Wildman–Crippen MR) is 89.8 cm³/mol. The van der Waals surface area contributed by atoms with Gasteiger partial charge in [-0.3, -0.25) is 14.9 Å². The molecule has 0 saturated heterocycles. The Balaban J connectivity index is 1.98. The van der Waals surface area contributed by atoms with Crippen LogP contribution in [-0.4, -0.2) is 23.1 Å². The summed E-state index contributed by atoms with van der Waals surface area (Å²) in [5.41, 5.74) is 1.94. The average Bonchev–Trinajstić information content (AvgIpc) is 2.56. The maximum atomic E-state index is 11.9. The van der Waals surface area contributed by atoms with Gasteiger partial charge >= 0.3 is 0 Å². The van der Waals surface area contributed by atoms with E-state index in [9.17, 15) is 20.0 Å². The zero-order chi connectivity index (χ0) is 18.4. The van der Waals surface area contributed by atoms with Crippen LogP contribution in [0, 0.1) is 10.1 Å². The molecule has 9 heteroatoms. The van der Waals surface area contributed by atoms with Crippen LogP contribution in [0.3, 0.4) is 0 Å². The molecule has 2 rings (SSSR count). The molecule has 0 aromatic heterocycles. The first-order valence-electron chi connectivity index (χ1n) is 7.07. The smallest absolute Gasteiger partial charge is 0.280 e. The molecule has 0 bridgehead atoms. The number of hydrogen-bond donors (Lipinski definition) is 1. The van der Waals surface area contributed by atoms with Crippen LogP contribution in [0.15, 0.2) is 47.6 Å². The van der Waals surface area contributed by atoms with Gasteiger partial charge in [0.05, 0.1) is 11.1 Å². The summed E-state index contributed by atoms with van der Waals surface area (Å²) in [4.78, 5) is 22.0. The number of hydrazone groups is 1. The van der Waals surface area contributed by atoms with E-state index in [1.54, 1.807) is 24.3 Å². The fourth-order valence-electron chi connectivity index (χ4n) is 1.80. The van der Waals surface area contributed by atoms with Gasteiger partial charge in [-0.2, -0.15) is 5.10 Å². The highest BCUT2D eigenvalue weighted by atomic mass is 35.5. The van der Waals surface area contributed by atoms with Crippen LogP contribution < -0.4 is 15.3 Å². The van der Waals surface area contributed by atoms with E-state index in [0.717, 1.165) is 24.4 Å². The second-order valence-electron chi connectivity index (χ2n) is 4.93. The molecular weight excluding hydrogens is 350 g/mol. The quantitative estimate of drug-likeness (QED) is 0.480. The lowest BCUT2D eigenvalue weighted by molar-refractivity contribution is -0.385. The minimum Gasteiger partial charge on any atom is -0.872 e. The van der Waals surface area contributed by atoms with E-state index in [-0.39, 0.29) is 11.3 Å². The van der Waals surface area contributed by atoms with Crippen molar-refractivity contribution in [1.29, 1.82) is 0 Å². The molecule has 0 aliphatic carbocycles. The lowest BCUT2D eigenvalue weighted by Gasteiger charge is -2.13. The molecule has 8 nitrogen and oxygen atoms in total. The number of carbonyl (C=O) groups excluding carboxylic acids is 1. The van der Waals surface area contributed by atoms with Crippen molar-refractivity contribution in [1.82, 2.24) is 5.43 Å². The van der Waals surface area contributed by atoms with Crippen molar-refractivity contribution in [2.24, 2.45) is 5.10 Å². The molecule has 0 saturated carbocycles. The van der Waals surface area contributed by atoms with Gasteiger partial charge in [0.25, 0.3) is 11.6 Å². The summed E-state index contributed by atoms with van der Waals surface area (Å²) < 4.78 is 5.41. The maximum absolute atomic E-state index is 11.9. The standard InChI is InChI=1S/C16H14ClN3O5/c1-10(25-14-4-2-3-12(17)8-14)16(22)19-18-9-11-7-13(20(23)24)5-6-15(11)21/h2-10,21H,1H3,(H,19,22)/p-1/b18-9+/t10-/m0/s1. The Labute approximate surface area is 147 Å². The van der Waals surface area contributed by atoms with Crippen LogP contribution in [0.5, 0.6) is 11.5 Å². The highest BCUT2D eigenvalue weighted by Gasteiger charge is 2.14. The Morgan fingerprint density at radius 3 is 2.80 bits per heavy atom. The third kappa shape index (κ3) is 5.18. The summed E-state index contributed by atoms with van der Waals surface area (Å²) in [5, 5.41) is 26.4. The molecule has 2 aromatic rings. The number of nitro groups is 1. The third-order valence-corrected chi connectivity index (χ3v) is 3.30. The molecule has 130 valence electrons. The van der Waals surface area contributed by atoms with E-state index in [1.165, 1.54) is 6.92 Å². The van der Waals surface area contributed by atoms with E-state index in [0.29, 0.717) is 10.8 Å². The molecule has 0 aliphatic heterocycles. The van der Waals surface area contributed by atoms with E-state index in [4.69, 9.17) is 16.3 Å². The van der Waals surface area contributed by atoms with Crippen LogP contribution >= 0.6 is 11.6 Å². The summed E-state index contributed by atoms with van der Waals surface area (Å²) in [6, 6.07) is 9.78. The minimum atomic E-state index is -0.868. The normalized spacial score (nSPS) is 11.9. The van der Waals surface area contributed by atoms with Gasteiger partial charge in [-0.15, -0.1) is 0 Å². The largest absolute Gasteiger partial charge is 0.872 e. The van der Waals surface area contributed by atoms with E-state index in [2.05, 4.69) is 10.5 Å². The van der Waals surface area contributed by atoms with Gasteiger partial charge in [0.15, 0.2) is 6.10 Å². The van der Waals surface area contributed by atoms with E-state index < -0.39 is 22.7 Å². The first-order valence-corrected chi connectivity index (χ1v) is 7.45. The van der Waals surface area contributed by atoms with Crippen molar-refractivity contribution in [2.75, 3.05) is 0 Å². The molecule has 25 heavy (non-hydrogen) atoms. The highest BCUT2D eigenvalue weighted by molar-refractivity contribution is 6.30. The number of nitro benzene ring substituents is 1. The fraction of sp³-hybridized carbons (Fsp3) is 0.125. The molecule has 0 unspecified atom stereocenters. The number of non-ortho nitro benzene ring substituents is 1. The Hall–Kier alpha value is -3.13. The fourth-order valence-corrected chi connectivity index (χ4v) is 1.98. The second kappa shape index (κ2) is 8.11. The molecule has 0 fully saturated rings. The Bertz CT molecular complexity index is 825. The summed E-state index contributed by atoms with van der Waals surface area (Å²) >= 11 is 5.83. The number of amides is 1. The van der Waals surface area contributed by atoms with Crippen LogP contribution in [-0.2, 0) is 4.79 Å². The van der Waals surface area contributed by atoms with Crippen molar-refractivity contribution < 1.29 is 19.6 Å². The number of rotatable bonds is 6. The molecule has 0 aliphatic rings. The van der Waals surface area contributed by atoms with Gasteiger partial charge < -0.3 is 9.84 Å². The third-order valence-electron chi connectivity index (χ3n) is 3.06. The van der Waals surface area contributed by atoms with Crippen molar-refractivity contribution in [3.8, 4) is 11.5 Å². The SMILES string of the molecule is C[C@H](Oc1cccc(Cl)c1)C(=O)N/N=C/c1cc([N+](=O)[O-])ccc1[O-]. The minimum absolute atomic E-state index is 0.0158. The zero-order valence-electron chi connectivity index (χ0n) is 13.0. The average molecular weight is 363 g/mol. The highest BCUT2D eigenvalue weighted by Crippen LogP contribution is 2.19. The summed E-state index contributed by atoms with van der Waals surface area (Å²) in [7, 11) is 0. The van der Waals surface area contributed by atoms with Crippen molar-refractivity contribution in [3.05, 3.63) is 63.2 Å². The van der Waals surface area contributed by atoms with Crippen molar-refractivity contribution in [2.45, 2.75) is 13.0 Å². The lowest BCUT2D eigenvalue weighted by Crippen LogP contribution is -2.33. The molecule has 0 heterocycles. The van der Waals surface area contributed by atoms with Crippen LogP contribution in [0.2, 0.25) is 5.02 Å². The number of nitrogens with zero attached hydrogens (tertiary/aromatic N) is 2. The number of halogens is 1. The topological polar surface area (TPSA) is 117 Å². The first kappa shape index (κ1) is 18.2. The summed E-state index contributed by atoms with van der Waals surface area (Å²) in [6.07, 6.45) is 0.173. The number of benzene rings is 2. The van der Waals surface area contributed by atoms with E-state index in [1.807, 2.05) is 0 Å². The molecule has 0 spiro atoms. The van der Waals surface area contributed by atoms with Crippen LogP contribution in [0.4, 0.5) is 5.69 Å². The Kier molecular flexibility index (Phi) is 5.91. The van der Waals surface area contributed by atoms with E-state index >= 15 is 0 Å². The van der Waals surface area contributed by atoms with Gasteiger partial charge in [-0.05, 0) is 30.7 Å². The number of carbonyl (C=O) groups is 1.